The van der Waals surface area contributed by atoms with Crippen molar-refractivity contribution in [2.24, 2.45) is 5.92 Å². The van der Waals surface area contributed by atoms with E-state index < -0.39 is 20.1 Å². The van der Waals surface area contributed by atoms with Gasteiger partial charge in [-0.15, -0.1) is 0 Å². The first kappa shape index (κ1) is 21.8. The molecule has 7 nitrogen and oxygen atoms in total. The summed E-state index contributed by atoms with van der Waals surface area (Å²) in [6.45, 7) is 2.19. The number of hydrogen-bond donors (Lipinski definition) is 1. The van der Waals surface area contributed by atoms with E-state index in [9.17, 15) is 16.8 Å². The molecule has 9 heteroatoms. The third-order valence-corrected chi connectivity index (χ3v) is 7.66. The van der Waals surface area contributed by atoms with Gasteiger partial charge in [0, 0.05) is 12.6 Å². The second-order valence-corrected chi connectivity index (χ2v) is 10.9. The second-order valence-electron chi connectivity index (χ2n) is 7.54. The van der Waals surface area contributed by atoms with E-state index in [1.54, 1.807) is 12.1 Å². The Morgan fingerprint density at radius 2 is 1.52 bits per heavy atom. The zero-order valence-electron chi connectivity index (χ0n) is 16.7. The van der Waals surface area contributed by atoms with Gasteiger partial charge < -0.3 is 9.08 Å². The normalized spacial score (nSPS) is 16.0. The molecule has 158 valence electrons. The van der Waals surface area contributed by atoms with E-state index in [1.807, 2.05) is 25.9 Å². The first-order chi connectivity index (χ1) is 13.6. The van der Waals surface area contributed by atoms with Gasteiger partial charge in [0.1, 0.15) is 10.6 Å². The average molecular weight is 439 g/mol. The van der Waals surface area contributed by atoms with Crippen molar-refractivity contribution in [1.29, 1.82) is 0 Å². The maximum Gasteiger partial charge on any atom is 0.339 e. The van der Waals surface area contributed by atoms with Gasteiger partial charge in [-0.25, -0.2) is 13.1 Å². The standard InChI is InChI=1S/C20H26N2O5S2/c1-15-4-10-19(11-5-15)29(25,26)27-17-8-12-18(13-9-17)28(23,24)21-14-20(22(2)3)16-6-7-16/h4-5,8-13,16,20-21H,6-7,14H2,1-3H3/t20-/m0/s1. The number of nitrogens with one attached hydrogen (secondary N) is 1. The first-order valence-corrected chi connectivity index (χ1v) is 12.2. The van der Waals surface area contributed by atoms with Crippen molar-refractivity contribution >= 4 is 20.1 Å². The fourth-order valence-electron chi connectivity index (χ4n) is 3.08. The lowest BCUT2D eigenvalue weighted by Crippen LogP contribution is -2.41. The van der Waals surface area contributed by atoms with Crippen LogP contribution in [0.25, 0.3) is 0 Å². The molecule has 0 radical (unpaired) electrons. The molecule has 0 heterocycles. The van der Waals surface area contributed by atoms with Crippen molar-refractivity contribution < 1.29 is 21.0 Å². The van der Waals surface area contributed by atoms with E-state index in [1.165, 1.54) is 36.4 Å². The highest BCUT2D eigenvalue weighted by molar-refractivity contribution is 7.89. The number of likely N-dealkylation sites (N-methyl/N-ethyl adjacent to an activating group) is 1. The van der Waals surface area contributed by atoms with E-state index in [-0.39, 0.29) is 21.6 Å². The summed E-state index contributed by atoms with van der Waals surface area (Å²) in [6.07, 6.45) is 2.23. The van der Waals surface area contributed by atoms with Gasteiger partial charge in [0.15, 0.2) is 0 Å². The Morgan fingerprint density at radius 3 is 2.03 bits per heavy atom. The number of aryl methyl sites for hydroxylation is 1. The molecular formula is C20H26N2O5S2. The van der Waals surface area contributed by atoms with Crippen molar-refractivity contribution in [3.63, 3.8) is 0 Å². The molecule has 29 heavy (non-hydrogen) atoms. The molecule has 1 N–H and O–H groups in total. The number of rotatable bonds is 9. The quantitative estimate of drug-likeness (QED) is 0.605. The number of benzene rings is 2. The Kier molecular flexibility index (Phi) is 6.33. The highest BCUT2D eigenvalue weighted by Gasteiger charge is 2.33. The van der Waals surface area contributed by atoms with Crippen LogP contribution in [0.15, 0.2) is 58.3 Å². The van der Waals surface area contributed by atoms with Crippen LogP contribution in [-0.2, 0) is 20.1 Å². The Balaban J connectivity index is 1.68. The monoisotopic (exact) mass is 438 g/mol. The number of nitrogens with zero attached hydrogens (tertiary/aromatic N) is 1. The minimum atomic E-state index is -3.98. The molecular weight excluding hydrogens is 412 g/mol. The highest BCUT2D eigenvalue weighted by Crippen LogP contribution is 2.34. The van der Waals surface area contributed by atoms with Crippen LogP contribution in [0.1, 0.15) is 18.4 Å². The minimum absolute atomic E-state index is 0.0382. The second kappa shape index (κ2) is 8.43. The third kappa shape index (κ3) is 5.57. The van der Waals surface area contributed by atoms with E-state index in [4.69, 9.17) is 4.18 Å². The predicted octanol–water partition coefficient (Wildman–Crippen LogP) is 2.38. The summed E-state index contributed by atoms with van der Waals surface area (Å²) in [6, 6.07) is 11.8. The minimum Gasteiger partial charge on any atom is -0.379 e. The zero-order chi connectivity index (χ0) is 21.2. The summed E-state index contributed by atoms with van der Waals surface area (Å²) in [5.41, 5.74) is 0.934. The molecule has 0 saturated heterocycles. The van der Waals surface area contributed by atoms with Gasteiger partial charge in [0.25, 0.3) is 0 Å². The molecule has 0 spiro atoms. The Hall–Kier alpha value is -1.94. The molecule has 3 rings (SSSR count). The predicted molar refractivity (Wildman–Crippen MR) is 111 cm³/mol. The van der Waals surface area contributed by atoms with Crippen LogP contribution in [0.4, 0.5) is 0 Å². The van der Waals surface area contributed by atoms with Crippen LogP contribution in [0.5, 0.6) is 5.75 Å². The van der Waals surface area contributed by atoms with Crippen LogP contribution in [-0.4, -0.2) is 48.4 Å². The van der Waals surface area contributed by atoms with Crippen LogP contribution in [0.2, 0.25) is 0 Å². The molecule has 0 aliphatic heterocycles. The molecule has 0 bridgehead atoms. The fourth-order valence-corrected chi connectivity index (χ4v) is 5.07. The van der Waals surface area contributed by atoms with Gasteiger partial charge >= 0.3 is 10.1 Å². The average Bonchev–Trinajstić information content (AvgIpc) is 3.47. The third-order valence-electron chi connectivity index (χ3n) is 4.96. The highest BCUT2D eigenvalue weighted by atomic mass is 32.2. The largest absolute Gasteiger partial charge is 0.379 e. The smallest absolute Gasteiger partial charge is 0.339 e. The summed E-state index contributed by atoms with van der Waals surface area (Å²) in [5, 5.41) is 0. The Morgan fingerprint density at radius 1 is 0.966 bits per heavy atom. The molecule has 0 aromatic heterocycles. The summed E-state index contributed by atoms with van der Waals surface area (Å²) in [4.78, 5) is 2.13. The molecule has 0 amide bonds. The summed E-state index contributed by atoms with van der Waals surface area (Å²) in [7, 11) is -3.79. The summed E-state index contributed by atoms with van der Waals surface area (Å²) < 4.78 is 57.6. The fraction of sp³-hybridized carbons (Fsp3) is 0.400. The number of hydrogen-bond acceptors (Lipinski definition) is 6. The van der Waals surface area contributed by atoms with Crippen molar-refractivity contribution in [2.75, 3.05) is 20.6 Å². The lowest BCUT2D eigenvalue weighted by Gasteiger charge is -2.24. The van der Waals surface area contributed by atoms with Crippen LogP contribution >= 0.6 is 0 Å². The van der Waals surface area contributed by atoms with E-state index in [0.717, 1.165) is 18.4 Å². The van der Waals surface area contributed by atoms with Crippen molar-refractivity contribution in [3.8, 4) is 5.75 Å². The van der Waals surface area contributed by atoms with E-state index in [2.05, 4.69) is 4.72 Å². The van der Waals surface area contributed by atoms with Crippen molar-refractivity contribution in [2.45, 2.75) is 35.6 Å². The molecule has 1 aliphatic carbocycles. The SMILES string of the molecule is Cc1ccc(S(=O)(=O)Oc2ccc(S(=O)(=O)NC[C@@H](C3CC3)N(C)C)cc2)cc1. The van der Waals surface area contributed by atoms with E-state index >= 15 is 0 Å². The van der Waals surface area contributed by atoms with Gasteiger partial charge in [0.05, 0.1) is 4.90 Å². The molecule has 1 saturated carbocycles. The molecule has 2 aromatic carbocycles. The lowest BCUT2D eigenvalue weighted by atomic mass is 10.2. The molecule has 1 aliphatic rings. The van der Waals surface area contributed by atoms with E-state index in [0.29, 0.717) is 12.5 Å². The number of sulfonamides is 1. The lowest BCUT2D eigenvalue weighted by molar-refractivity contribution is 0.265. The van der Waals surface area contributed by atoms with Crippen molar-refractivity contribution in [3.05, 3.63) is 54.1 Å². The Labute approximate surface area is 172 Å². The molecule has 0 unspecified atom stereocenters. The van der Waals surface area contributed by atoms with Crippen LogP contribution in [0, 0.1) is 12.8 Å². The first-order valence-electron chi connectivity index (χ1n) is 9.36. The van der Waals surface area contributed by atoms with Gasteiger partial charge in [-0.2, -0.15) is 8.42 Å². The van der Waals surface area contributed by atoms with Gasteiger partial charge in [-0.3, -0.25) is 0 Å². The molecule has 1 fully saturated rings. The Bertz CT molecular complexity index is 1040. The van der Waals surface area contributed by atoms with Gasteiger partial charge in [-0.1, -0.05) is 17.7 Å². The summed E-state index contributed by atoms with van der Waals surface area (Å²) in [5.74, 6) is 0.573. The van der Waals surface area contributed by atoms with Gasteiger partial charge in [-0.05, 0) is 76.2 Å². The zero-order valence-corrected chi connectivity index (χ0v) is 18.3. The van der Waals surface area contributed by atoms with Gasteiger partial charge in [0.2, 0.25) is 10.0 Å². The molecule has 1 atom stereocenters. The van der Waals surface area contributed by atoms with Crippen molar-refractivity contribution in [1.82, 2.24) is 9.62 Å². The summed E-state index contributed by atoms with van der Waals surface area (Å²) >= 11 is 0. The molecule has 2 aromatic rings. The van der Waals surface area contributed by atoms with Crippen LogP contribution < -0.4 is 8.91 Å². The maximum atomic E-state index is 12.6. The maximum absolute atomic E-state index is 12.6. The topological polar surface area (TPSA) is 92.8 Å². The van der Waals surface area contributed by atoms with Crippen LogP contribution in [0.3, 0.4) is 0 Å².